The third-order valence-electron chi connectivity index (χ3n) is 4.10. The summed E-state index contributed by atoms with van der Waals surface area (Å²) in [7, 11) is 3.57. The molecule has 4 nitrogen and oxygen atoms in total. The van der Waals surface area contributed by atoms with Crippen LogP contribution in [0.5, 0.6) is 5.75 Å². The van der Waals surface area contributed by atoms with Crippen LogP contribution >= 0.6 is 0 Å². The second-order valence-corrected chi connectivity index (χ2v) is 5.57. The van der Waals surface area contributed by atoms with Crippen molar-refractivity contribution < 1.29 is 14.6 Å². The predicted molar refractivity (Wildman–Crippen MR) is 79.8 cm³/mol. The lowest BCUT2D eigenvalue weighted by atomic mass is 9.89. The van der Waals surface area contributed by atoms with Crippen LogP contribution in [0.2, 0.25) is 0 Å². The van der Waals surface area contributed by atoms with Crippen LogP contribution in [-0.4, -0.2) is 31.8 Å². The Bertz CT molecular complexity index is 467. The molecular formula is C16H23NO3. The average molecular weight is 277 g/mol. The first-order chi connectivity index (χ1) is 9.61. The minimum Gasteiger partial charge on any atom is -0.497 e. The third-order valence-corrected chi connectivity index (χ3v) is 4.10. The van der Waals surface area contributed by atoms with Gasteiger partial charge in [0.15, 0.2) is 0 Å². The lowest BCUT2D eigenvalue weighted by Gasteiger charge is -2.29. The SMILES string of the molecule is COc1ccc(C(=O)O)c(N(C)CC2CCCCC2)c1. The van der Waals surface area contributed by atoms with Gasteiger partial charge in [0, 0.05) is 19.7 Å². The molecule has 1 N–H and O–H groups in total. The largest absolute Gasteiger partial charge is 0.497 e. The van der Waals surface area contributed by atoms with Crippen LogP contribution in [0.1, 0.15) is 42.5 Å². The Labute approximate surface area is 120 Å². The molecule has 1 fully saturated rings. The molecule has 0 unspecified atom stereocenters. The van der Waals surface area contributed by atoms with Gasteiger partial charge in [0.05, 0.1) is 18.4 Å². The Balaban J connectivity index is 2.17. The monoisotopic (exact) mass is 277 g/mol. The van der Waals surface area contributed by atoms with Crippen molar-refractivity contribution in [2.45, 2.75) is 32.1 Å². The Morgan fingerprint density at radius 3 is 2.65 bits per heavy atom. The number of hydrogen-bond donors (Lipinski definition) is 1. The van der Waals surface area contributed by atoms with Crippen LogP contribution in [-0.2, 0) is 0 Å². The van der Waals surface area contributed by atoms with Gasteiger partial charge in [0.25, 0.3) is 0 Å². The fraction of sp³-hybridized carbons (Fsp3) is 0.562. The van der Waals surface area contributed by atoms with Gasteiger partial charge in [-0.3, -0.25) is 0 Å². The first kappa shape index (κ1) is 14.7. The van der Waals surface area contributed by atoms with E-state index in [0.29, 0.717) is 17.2 Å². The van der Waals surface area contributed by atoms with Gasteiger partial charge in [0.1, 0.15) is 5.75 Å². The van der Waals surface area contributed by atoms with Gasteiger partial charge < -0.3 is 14.7 Å². The number of benzene rings is 1. The zero-order valence-electron chi connectivity index (χ0n) is 12.3. The smallest absolute Gasteiger partial charge is 0.337 e. The third kappa shape index (κ3) is 3.44. The fourth-order valence-corrected chi connectivity index (χ4v) is 2.99. The van der Waals surface area contributed by atoms with Gasteiger partial charge in [-0.05, 0) is 30.9 Å². The minimum absolute atomic E-state index is 0.337. The molecule has 1 aromatic rings. The molecule has 0 amide bonds. The van der Waals surface area contributed by atoms with Crippen molar-refractivity contribution in [1.82, 2.24) is 0 Å². The average Bonchev–Trinajstić information content (AvgIpc) is 2.47. The van der Waals surface area contributed by atoms with E-state index in [2.05, 4.69) is 4.90 Å². The molecule has 110 valence electrons. The molecule has 0 saturated heterocycles. The minimum atomic E-state index is -0.891. The molecular weight excluding hydrogens is 254 g/mol. The van der Waals surface area contributed by atoms with E-state index in [4.69, 9.17) is 4.74 Å². The Kier molecular flexibility index (Phi) is 4.88. The second-order valence-electron chi connectivity index (χ2n) is 5.57. The topological polar surface area (TPSA) is 49.8 Å². The van der Waals surface area contributed by atoms with E-state index in [1.54, 1.807) is 19.2 Å². The van der Waals surface area contributed by atoms with Gasteiger partial charge >= 0.3 is 5.97 Å². The summed E-state index contributed by atoms with van der Waals surface area (Å²) < 4.78 is 5.21. The number of anilines is 1. The zero-order valence-corrected chi connectivity index (χ0v) is 12.3. The van der Waals surface area contributed by atoms with Crippen molar-refractivity contribution in [3.05, 3.63) is 23.8 Å². The molecule has 0 heterocycles. The van der Waals surface area contributed by atoms with Gasteiger partial charge in [-0.1, -0.05) is 19.3 Å². The summed E-state index contributed by atoms with van der Waals surface area (Å²) in [6, 6.07) is 5.13. The molecule has 0 radical (unpaired) electrons. The number of nitrogens with zero attached hydrogens (tertiary/aromatic N) is 1. The molecule has 0 aromatic heterocycles. The lowest BCUT2D eigenvalue weighted by Crippen LogP contribution is -2.28. The molecule has 1 aliphatic carbocycles. The summed E-state index contributed by atoms with van der Waals surface area (Å²) >= 11 is 0. The lowest BCUT2D eigenvalue weighted by molar-refractivity contribution is 0.0697. The van der Waals surface area contributed by atoms with E-state index in [9.17, 15) is 9.90 Å². The maximum absolute atomic E-state index is 11.4. The van der Waals surface area contributed by atoms with Crippen molar-refractivity contribution in [3.8, 4) is 5.75 Å². The first-order valence-corrected chi connectivity index (χ1v) is 7.24. The number of ether oxygens (including phenoxy) is 1. The quantitative estimate of drug-likeness (QED) is 0.896. The highest BCUT2D eigenvalue weighted by Crippen LogP contribution is 2.29. The number of carbonyl (C=O) groups is 1. The number of hydrogen-bond acceptors (Lipinski definition) is 3. The maximum Gasteiger partial charge on any atom is 0.337 e. The van der Waals surface area contributed by atoms with Crippen LogP contribution in [0.4, 0.5) is 5.69 Å². The molecule has 0 spiro atoms. The van der Waals surface area contributed by atoms with E-state index in [0.717, 1.165) is 12.2 Å². The van der Waals surface area contributed by atoms with Crippen molar-refractivity contribution >= 4 is 11.7 Å². The Morgan fingerprint density at radius 2 is 2.05 bits per heavy atom. The van der Waals surface area contributed by atoms with Gasteiger partial charge in [0.2, 0.25) is 0 Å². The van der Waals surface area contributed by atoms with Crippen molar-refractivity contribution in [3.63, 3.8) is 0 Å². The molecule has 2 rings (SSSR count). The molecule has 1 saturated carbocycles. The van der Waals surface area contributed by atoms with Gasteiger partial charge in [-0.15, -0.1) is 0 Å². The van der Waals surface area contributed by atoms with Gasteiger partial charge in [-0.2, -0.15) is 0 Å². The number of methoxy groups -OCH3 is 1. The fourth-order valence-electron chi connectivity index (χ4n) is 2.99. The summed E-state index contributed by atoms with van der Waals surface area (Å²) in [6.07, 6.45) is 6.41. The van der Waals surface area contributed by atoms with E-state index in [-0.39, 0.29) is 0 Å². The Morgan fingerprint density at radius 1 is 1.35 bits per heavy atom. The Hall–Kier alpha value is -1.71. The molecule has 0 atom stereocenters. The molecule has 0 bridgehead atoms. The van der Waals surface area contributed by atoms with E-state index < -0.39 is 5.97 Å². The predicted octanol–water partition coefficient (Wildman–Crippen LogP) is 3.41. The van der Waals surface area contributed by atoms with E-state index in [1.165, 1.54) is 32.1 Å². The highest BCUT2D eigenvalue weighted by molar-refractivity contribution is 5.94. The molecule has 4 heteroatoms. The van der Waals surface area contributed by atoms with Crippen LogP contribution < -0.4 is 9.64 Å². The van der Waals surface area contributed by atoms with Crippen molar-refractivity contribution in [2.75, 3.05) is 25.6 Å². The summed E-state index contributed by atoms with van der Waals surface area (Å²) in [5.41, 5.74) is 1.08. The first-order valence-electron chi connectivity index (χ1n) is 7.24. The van der Waals surface area contributed by atoms with Gasteiger partial charge in [-0.25, -0.2) is 4.79 Å². The summed E-state index contributed by atoms with van der Waals surface area (Å²) in [4.78, 5) is 13.4. The molecule has 0 aliphatic heterocycles. The van der Waals surface area contributed by atoms with Crippen molar-refractivity contribution in [1.29, 1.82) is 0 Å². The maximum atomic E-state index is 11.4. The number of carboxylic acid groups (broad SMARTS) is 1. The number of aromatic carboxylic acids is 1. The van der Waals surface area contributed by atoms with Crippen LogP contribution in [0, 0.1) is 5.92 Å². The zero-order chi connectivity index (χ0) is 14.5. The number of carboxylic acids is 1. The van der Waals surface area contributed by atoms with E-state index >= 15 is 0 Å². The summed E-state index contributed by atoms with van der Waals surface area (Å²) in [5, 5.41) is 9.32. The molecule has 1 aliphatic rings. The van der Waals surface area contributed by atoms with Crippen LogP contribution in [0.15, 0.2) is 18.2 Å². The summed E-state index contributed by atoms with van der Waals surface area (Å²) in [5.74, 6) is 0.472. The van der Waals surface area contributed by atoms with Crippen LogP contribution in [0.25, 0.3) is 0 Å². The summed E-state index contributed by atoms with van der Waals surface area (Å²) in [6.45, 7) is 0.910. The van der Waals surface area contributed by atoms with Crippen molar-refractivity contribution in [2.24, 2.45) is 5.92 Å². The standard InChI is InChI=1S/C16H23NO3/c1-17(11-12-6-4-3-5-7-12)15-10-13(20-2)8-9-14(15)16(18)19/h8-10,12H,3-7,11H2,1-2H3,(H,18,19). The normalized spacial score (nSPS) is 15.9. The second kappa shape index (κ2) is 6.64. The van der Waals surface area contributed by atoms with Crippen LogP contribution in [0.3, 0.4) is 0 Å². The molecule has 20 heavy (non-hydrogen) atoms. The van der Waals surface area contributed by atoms with E-state index in [1.807, 2.05) is 13.1 Å². The number of rotatable bonds is 5. The molecule has 1 aromatic carbocycles. The highest BCUT2D eigenvalue weighted by Gasteiger charge is 2.19. The highest BCUT2D eigenvalue weighted by atomic mass is 16.5.